The summed E-state index contributed by atoms with van der Waals surface area (Å²) in [6.45, 7) is 1.82. The summed E-state index contributed by atoms with van der Waals surface area (Å²) in [5.41, 5.74) is 1.85. The van der Waals surface area contributed by atoms with Gasteiger partial charge in [0, 0.05) is 24.5 Å². The molecule has 7 heteroatoms. The highest BCUT2D eigenvalue weighted by molar-refractivity contribution is 7.20. The topological polar surface area (TPSA) is 67.2 Å². The minimum absolute atomic E-state index is 0.180. The van der Waals surface area contributed by atoms with Gasteiger partial charge in [0.2, 0.25) is 0 Å². The average Bonchev–Trinajstić information content (AvgIpc) is 3.08. The number of aryl methyl sites for hydroxylation is 2. The maximum atomic E-state index is 13.3. The van der Waals surface area contributed by atoms with E-state index in [-0.39, 0.29) is 24.6 Å². The van der Waals surface area contributed by atoms with Crippen molar-refractivity contribution in [2.75, 3.05) is 0 Å². The molecule has 2 heterocycles. The second-order valence-corrected chi connectivity index (χ2v) is 6.34. The van der Waals surface area contributed by atoms with Crippen molar-refractivity contribution in [3.05, 3.63) is 51.8 Å². The molecule has 0 aliphatic rings. The molecule has 0 saturated carbocycles. The zero-order valence-corrected chi connectivity index (χ0v) is 13.6. The summed E-state index contributed by atoms with van der Waals surface area (Å²) < 4.78 is 15.1. The molecule has 5 nitrogen and oxygen atoms in total. The molecule has 0 bridgehead atoms. The van der Waals surface area contributed by atoms with Gasteiger partial charge in [-0.1, -0.05) is 6.07 Å². The number of rotatable bonds is 4. The third kappa shape index (κ3) is 2.97. The van der Waals surface area contributed by atoms with Crippen molar-refractivity contribution in [2.24, 2.45) is 7.05 Å². The number of amides is 1. The van der Waals surface area contributed by atoms with Gasteiger partial charge in [-0.05, 0) is 30.7 Å². The van der Waals surface area contributed by atoms with Crippen LogP contribution in [0.5, 0.6) is 0 Å². The minimum Gasteiger partial charge on any atom is -0.392 e. The summed E-state index contributed by atoms with van der Waals surface area (Å²) >= 11 is 1.39. The van der Waals surface area contributed by atoms with Gasteiger partial charge in [0.1, 0.15) is 10.6 Å². The number of benzene rings is 1. The van der Waals surface area contributed by atoms with E-state index in [0.717, 1.165) is 21.5 Å². The molecule has 1 amide bonds. The van der Waals surface area contributed by atoms with Gasteiger partial charge in [0.15, 0.2) is 0 Å². The Morgan fingerprint density at radius 2 is 2.22 bits per heavy atom. The molecular weight excluding hydrogens is 317 g/mol. The van der Waals surface area contributed by atoms with E-state index in [1.165, 1.54) is 17.4 Å². The summed E-state index contributed by atoms with van der Waals surface area (Å²) in [5.74, 6) is -0.629. The van der Waals surface area contributed by atoms with Gasteiger partial charge in [-0.3, -0.25) is 9.48 Å². The number of carbonyl (C=O) groups is 1. The number of nitrogens with one attached hydrogen (secondary N) is 1. The van der Waals surface area contributed by atoms with Gasteiger partial charge >= 0.3 is 0 Å². The van der Waals surface area contributed by atoms with E-state index in [1.807, 2.05) is 20.0 Å². The first-order valence-corrected chi connectivity index (χ1v) is 7.90. The monoisotopic (exact) mass is 333 g/mol. The average molecular weight is 333 g/mol. The summed E-state index contributed by atoms with van der Waals surface area (Å²) in [4.78, 5) is 13.8. The van der Waals surface area contributed by atoms with Crippen LogP contribution >= 0.6 is 11.3 Å². The van der Waals surface area contributed by atoms with Gasteiger partial charge < -0.3 is 10.4 Å². The van der Waals surface area contributed by atoms with Crippen LogP contribution in [0.15, 0.2) is 24.3 Å². The predicted octanol–water partition coefficient (Wildman–Crippen LogP) is 2.50. The number of nitrogens with zero attached hydrogens (tertiary/aromatic N) is 2. The fraction of sp³-hybridized carbons (Fsp3) is 0.250. The molecule has 0 fully saturated rings. The largest absolute Gasteiger partial charge is 0.392 e. The molecule has 120 valence electrons. The van der Waals surface area contributed by atoms with Gasteiger partial charge in [-0.25, -0.2) is 4.39 Å². The minimum atomic E-state index is -0.449. The first-order chi connectivity index (χ1) is 11.0. The summed E-state index contributed by atoms with van der Waals surface area (Å²) in [7, 11) is 1.85. The maximum Gasteiger partial charge on any atom is 0.261 e. The summed E-state index contributed by atoms with van der Waals surface area (Å²) in [5, 5.41) is 17.2. The molecule has 23 heavy (non-hydrogen) atoms. The van der Waals surface area contributed by atoms with E-state index in [1.54, 1.807) is 16.8 Å². The molecule has 0 aliphatic carbocycles. The lowest BCUT2D eigenvalue weighted by atomic mass is 10.1. The summed E-state index contributed by atoms with van der Waals surface area (Å²) in [6, 6.07) is 6.27. The van der Waals surface area contributed by atoms with Crippen molar-refractivity contribution in [1.29, 1.82) is 0 Å². The third-order valence-corrected chi connectivity index (χ3v) is 4.85. The molecule has 1 aromatic carbocycles. The maximum absolute atomic E-state index is 13.3. The lowest BCUT2D eigenvalue weighted by Crippen LogP contribution is -2.21. The second kappa shape index (κ2) is 6.10. The quantitative estimate of drug-likeness (QED) is 0.771. The number of carbonyl (C=O) groups excluding carboxylic acids is 1. The van der Waals surface area contributed by atoms with Gasteiger partial charge in [0.05, 0.1) is 17.2 Å². The van der Waals surface area contributed by atoms with Crippen molar-refractivity contribution in [1.82, 2.24) is 15.1 Å². The molecule has 2 aromatic heterocycles. The van der Waals surface area contributed by atoms with E-state index in [9.17, 15) is 9.18 Å². The number of halogens is 1. The normalized spacial score (nSPS) is 11.1. The molecule has 2 N–H and O–H groups in total. The van der Waals surface area contributed by atoms with Gasteiger partial charge in [-0.2, -0.15) is 5.10 Å². The Balaban J connectivity index is 1.74. The van der Waals surface area contributed by atoms with E-state index in [4.69, 9.17) is 5.11 Å². The molecule has 0 radical (unpaired) electrons. The molecule has 0 unspecified atom stereocenters. The fourth-order valence-corrected chi connectivity index (χ4v) is 3.49. The number of hydrogen-bond donors (Lipinski definition) is 2. The van der Waals surface area contributed by atoms with Crippen molar-refractivity contribution < 1.29 is 14.3 Å². The van der Waals surface area contributed by atoms with E-state index < -0.39 is 5.82 Å². The Hall–Kier alpha value is -2.25. The Labute approximate surface area is 136 Å². The third-order valence-electron chi connectivity index (χ3n) is 3.65. The van der Waals surface area contributed by atoms with E-state index in [2.05, 4.69) is 10.4 Å². The fourth-order valence-electron chi connectivity index (χ4n) is 2.45. The summed E-state index contributed by atoms with van der Waals surface area (Å²) in [6.07, 6.45) is 0. The standard InChI is InChI=1S/C16H16FN3O2S/c1-9-12-6-14(23-16(12)20(2)19-9)15(22)18-7-10-3-4-13(17)11(5-10)8-21/h3-6,21H,7-8H2,1-2H3,(H,18,22). The number of aliphatic hydroxyl groups is 1. The molecule has 3 rings (SSSR count). The van der Waals surface area contributed by atoms with Crippen LogP contribution in [0.2, 0.25) is 0 Å². The molecule has 0 saturated heterocycles. The zero-order valence-electron chi connectivity index (χ0n) is 12.8. The molecular formula is C16H16FN3O2S. The van der Waals surface area contributed by atoms with Crippen LogP contribution in [0, 0.1) is 12.7 Å². The van der Waals surface area contributed by atoms with E-state index >= 15 is 0 Å². The van der Waals surface area contributed by atoms with Crippen molar-refractivity contribution in [2.45, 2.75) is 20.1 Å². The Kier molecular flexibility index (Phi) is 4.14. The van der Waals surface area contributed by atoms with Crippen LogP contribution in [0.3, 0.4) is 0 Å². The number of fused-ring (bicyclic) bond motifs is 1. The first kappa shape index (κ1) is 15.6. The molecule has 0 aliphatic heterocycles. The van der Waals surface area contributed by atoms with Crippen LogP contribution in [0.25, 0.3) is 10.2 Å². The van der Waals surface area contributed by atoms with Gasteiger partial charge in [0.25, 0.3) is 5.91 Å². The highest BCUT2D eigenvalue weighted by Crippen LogP contribution is 2.27. The van der Waals surface area contributed by atoms with Crippen molar-refractivity contribution in [3.63, 3.8) is 0 Å². The highest BCUT2D eigenvalue weighted by Gasteiger charge is 2.15. The van der Waals surface area contributed by atoms with Crippen LogP contribution in [0.1, 0.15) is 26.5 Å². The van der Waals surface area contributed by atoms with Crippen molar-refractivity contribution >= 4 is 27.5 Å². The number of hydrogen-bond acceptors (Lipinski definition) is 4. The Bertz CT molecular complexity index is 850. The number of aliphatic hydroxyl groups excluding tert-OH is 1. The second-order valence-electron chi connectivity index (χ2n) is 5.31. The van der Waals surface area contributed by atoms with Crippen LogP contribution in [0.4, 0.5) is 4.39 Å². The highest BCUT2D eigenvalue weighted by atomic mass is 32.1. The van der Waals surface area contributed by atoms with Gasteiger partial charge in [-0.15, -0.1) is 11.3 Å². The Morgan fingerprint density at radius 1 is 1.43 bits per heavy atom. The Morgan fingerprint density at radius 3 is 2.91 bits per heavy atom. The van der Waals surface area contributed by atoms with Crippen LogP contribution in [-0.2, 0) is 20.2 Å². The molecule has 0 atom stereocenters. The van der Waals surface area contributed by atoms with Crippen LogP contribution < -0.4 is 5.32 Å². The first-order valence-electron chi connectivity index (χ1n) is 7.09. The molecule has 0 spiro atoms. The number of thiophene rings is 1. The molecule has 3 aromatic rings. The van der Waals surface area contributed by atoms with Crippen LogP contribution in [-0.4, -0.2) is 20.8 Å². The SMILES string of the molecule is Cc1nn(C)c2sc(C(=O)NCc3ccc(F)c(CO)c3)cc12. The van der Waals surface area contributed by atoms with Crippen molar-refractivity contribution in [3.8, 4) is 0 Å². The number of aromatic nitrogens is 2. The smallest absolute Gasteiger partial charge is 0.261 e. The lowest BCUT2D eigenvalue weighted by Gasteiger charge is -2.06. The zero-order chi connectivity index (χ0) is 16.6. The van der Waals surface area contributed by atoms with E-state index in [0.29, 0.717) is 4.88 Å². The predicted molar refractivity (Wildman–Crippen MR) is 86.8 cm³/mol. The lowest BCUT2D eigenvalue weighted by molar-refractivity contribution is 0.0955.